The Morgan fingerprint density at radius 2 is 1.62 bits per heavy atom. The van der Waals surface area contributed by atoms with Crippen LogP contribution in [0.25, 0.3) is 0 Å². The summed E-state index contributed by atoms with van der Waals surface area (Å²) in [5.41, 5.74) is 1.78. The third-order valence-electron chi connectivity index (χ3n) is 5.34. The van der Waals surface area contributed by atoms with E-state index in [1.807, 2.05) is 0 Å². The summed E-state index contributed by atoms with van der Waals surface area (Å²) in [5, 5.41) is 4.34. The van der Waals surface area contributed by atoms with E-state index in [4.69, 9.17) is 0 Å². The quantitative estimate of drug-likeness (QED) is 0.519. The summed E-state index contributed by atoms with van der Waals surface area (Å²) in [6.07, 6.45) is 0.157. The van der Waals surface area contributed by atoms with Crippen molar-refractivity contribution in [2.24, 2.45) is 5.10 Å². The normalized spacial score (nSPS) is 16.4. The molecular formula is C23H21F2N3O4S2. The molecule has 0 aliphatic carbocycles. The molecule has 0 saturated carbocycles. The second-order valence-corrected chi connectivity index (χ2v) is 11.4. The molecule has 0 fully saturated rings. The number of benzene rings is 3. The highest BCUT2D eigenvalue weighted by atomic mass is 32.2. The molecule has 11 heteroatoms. The van der Waals surface area contributed by atoms with Gasteiger partial charge >= 0.3 is 0 Å². The van der Waals surface area contributed by atoms with Crippen LogP contribution in [0, 0.1) is 11.6 Å². The Labute approximate surface area is 196 Å². The first kappa shape index (κ1) is 23.8. The first-order chi connectivity index (χ1) is 16.1. The van der Waals surface area contributed by atoms with Crippen molar-refractivity contribution in [3.8, 4) is 0 Å². The Balaban J connectivity index is 1.72. The second kappa shape index (κ2) is 9.15. The van der Waals surface area contributed by atoms with Crippen molar-refractivity contribution in [2.75, 3.05) is 10.5 Å². The molecule has 3 aromatic rings. The van der Waals surface area contributed by atoms with E-state index in [0.29, 0.717) is 22.5 Å². The van der Waals surface area contributed by atoms with Crippen LogP contribution in [0.4, 0.5) is 14.5 Å². The van der Waals surface area contributed by atoms with Gasteiger partial charge in [-0.15, -0.1) is 0 Å². The average molecular weight is 506 g/mol. The van der Waals surface area contributed by atoms with Crippen molar-refractivity contribution in [1.29, 1.82) is 0 Å². The van der Waals surface area contributed by atoms with Crippen LogP contribution in [0.3, 0.4) is 0 Å². The smallest absolute Gasteiger partial charge is 0.279 e. The zero-order chi connectivity index (χ0) is 24.5. The van der Waals surface area contributed by atoms with E-state index in [9.17, 15) is 25.6 Å². The lowest BCUT2D eigenvalue weighted by atomic mass is 9.99. The molecule has 1 atom stereocenters. The summed E-state index contributed by atoms with van der Waals surface area (Å²) < 4.78 is 80.9. The highest BCUT2D eigenvalue weighted by molar-refractivity contribution is 7.92. The Kier molecular flexibility index (Phi) is 6.41. The van der Waals surface area contributed by atoms with Gasteiger partial charge in [0.15, 0.2) is 0 Å². The van der Waals surface area contributed by atoms with Gasteiger partial charge in [0.1, 0.15) is 11.6 Å². The SMILES string of the molecule is CCS(=O)(=O)Nc1ccc(C2=NN(S(=O)(=O)c3ccc(F)cc3)C(c3cccc(F)c3)C2)cc1. The van der Waals surface area contributed by atoms with E-state index in [2.05, 4.69) is 9.82 Å². The maximum atomic E-state index is 13.9. The number of rotatable bonds is 7. The molecule has 0 bridgehead atoms. The molecule has 0 amide bonds. The zero-order valence-corrected chi connectivity index (χ0v) is 19.7. The topological polar surface area (TPSA) is 95.9 Å². The second-order valence-electron chi connectivity index (χ2n) is 7.64. The summed E-state index contributed by atoms with van der Waals surface area (Å²) in [6, 6.07) is 15.5. The number of anilines is 1. The summed E-state index contributed by atoms with van der Waals surface area (Å²) in [4.78, 5) is -0.148. The largest absolute Gasteiger partial charge is 0.284 e. The molecule has 0 spiro atoms. The first-order valence-electron chi connectivity index (χ1n) is 10.3. The van der Waals surface area contributed by atoms with Crippen LogP contribution >= 0.6 is 0 Å². The average Bonchev–Trinajstić information content (AvgIpc) is 3.26. The lowest BCUT2D eigenvalue weighted by Crippen LogP contribution is -2.27. The minimum Gasteiger partial charge on any atom is -0.284 e. The zero-order valence-electron chi connectivity index (χ0n) is 18.0. The van der Waals surface area contributed by atoms with Gasteiger partial charge in [-0.2, -0.15) is 17.9 Å². The number of hydrogen-bond donors (Lipinski definition) is 1. The monoisotopic (exact) mass is 505 g/mol. The van der Waals surface area contributed by atoms with E-state index in [1.165, 1.54) is 25.1 Å². The molecular weight excluding hydrogens is 484 g/mol. The van der Waals surface area contributed by atoms with E-state index < -0.39 is 37.7 Å². The lowest BCUT2D eigenvalue weighted by Gasteiger charge is -2.23. The summed E-state index contributed by atoms with van der Waals surface area (Å²) >= 11 is 0. The minimum atomic E-state index is -4.18. The minimum absolute atomic E-state index is 0.0764. The third-order valence-corrected chi connectivity index (χ3v) is 8.34. The van der Waals surface area contributed by atoms with Gasteiger partial charge in [-0.05, 0) is 66.6 Å². The molecule has 1 aliphatic rings. The molecule has 0 aromatic heterocycles. The Hall–Kier alpha value is -3.31. The van der Waals surface area contributed by atoms with Crippen molar-refractivity contribution >= 4 is 31.4 Å². The lowest BCUT2D eigenvalue weighted by molar-refractivity contribution is 0.370. The summed E-state index contributed by atoms with van der Waals surface area (Å²) in [6.45, 7) is 1.52. The van der Waals surface area contributed by atoms with Gasteiger partial charge < -0.3 is 0 Å². The van der Waals surface area contributed by atoms with Crippen molar-refractivity contribution in [3.63, 3.8) is 0 Å². The third kappa shape index (κ3) is 4.95. The molecule has 1 aliphatic heterocycles. The number of sulfonamides is 2. The van der Waals surface area contributed by atoms with E-state index in [1.54, 1.807) is 30.3 Å². The van der Waals surface area contributed by atoms with E-state index in [-0.39, 0.29) is 17.1 Å². The van der Waals surface area contributed by atoms with Crippen LogP contribution in [0.15, 0.2) is 82.8 Å². The molecule has 3 aromatic carbocycles. The molecule has 4 rings (SSSR count). The maximum Gasteiger partial charge on any atom is 0.279 e. The van der Waals surface area contributed by atoms with Gasteiger partial charge in [-0.25, -0.2) is 17.2 Å². The van der Waals surface area contributed by atoms with Gasteiger partial charge in [-0.3, -0.25) is 4.72 Å². The Morgan fingerprint density at radius 3 is 2.24 bits per heavy atom. The molecule has 1 heterocycles. The number of halogens is 2. The fourth-order valence-electron chi connectivity index (χ4n) is 3.54. The summed E-state index contributed by atoms with van der Waals surface area (Å²) in [5.74, 6) is -1.17. The van der Waals surface area contributed by atoms with Crippen molar-refractivity contribution in [1.82, 2.24) is 4.41 Å². The number of hydrazone groups is 1. The first-order valence-corrected chi connectivity index (χ1v) is 13.4. The highest BCUT2D eigenvalue weighted by Gasteiger charge is 2.38. The van der Waals surface area contributed by atoms with Gasteiger partial charge in [0.05, 0.1) is 22.4 Å². The molecule has 1 unspecified atom stereocenters. The molecule has 1 N–H and O–H groups in total. The van der Waals surface area contributed by atoms with Crippen LogP contribution in [0.5, 0.6) is 0 Å². The van der Waals surface area contributed by atoms with Crippen LogP contribution in [0.1, 0.15) is 30.5 Å². The molecule has 0 saturated heterocycles. The molecule has 7 nitrogen and oxygen atoms in total. The molecule has 0 radical (unpaired) electrons. The standard InChI is InChI=1S/C23H21F2N3O4S2/c1-2-33(29,30)27-20-10-6-16(7-11-20)22-15-23(17-4-3-5-19(25)14-17)28(26-22)34(31,32)21-12-8-18(24)9-13-21/h3-14,23,27H,2,15H2,1H3. The number of nitrogens with one attached hydrogen (secondary N) is 1. The van der Waals surface area contributed by atoms with Crippen LogP contribution < -0.4 is 4.72 Å². The van der Waals surface area contributed by atoms with Gasteiger partial charge in [-0.1, -0.05) is 24.3 Å². The van der Waals surface area contributed by atoms with Crippen molar-refractivity contribution < 1.29 is 25.6 Å². The highest BCUT2D eigenvalue weighted by Crippen LogP contribution is 2.37. The maximum absolute atomic E-state index is 13.9. The van der Waals surface area contributed by atoms with Crippen LogP contribution in [-0.2, 0) is 20.0 Å². The number of nitrogens with zero attached hydrogens (tertiary/aromatic N) is 2. The van der Waals surface area contributed by atoms with Crippen LogP contribution in [-0.4, -0.2) is 32.7 Å². The predicted molar refractivity (Wildman–Crippen MR) is 125 cm³/mol. The predicted octanol–water partition coefficient (Wildman–Crippen LogP) is 4.27. The molecule has 34 heavy (non-hydrogen) atoms. The van der Waals surface area contributed by atoms with Gasteiger partial charge in [0, 0.05) is 12.1 Å². The van der Waals surface area contributed by atoms with Gasteiger partial charge in [0.25, 0.3) is 10.0 Å². The van der Waals surface area contributed by atoms with E-state index >= 15 is 0 Å². The summed E-state index contributed by atoms with van der Waals surface area (Å²) in [7, 11) is -7.62. The molecule has 178 valence electrons. The van der Waals surface area contributed by atoms with Crippen molar-refractivity contribution in [2.45, 2.75) is 24.3 Å². The fourth-order valence-corrected chi connectivity index (χ4v) is 5.62. The van der Waals surface area contributed by atoms with E-state index in [0.717, 1.165) is 28.7 Å². The number of hydrogen-bond acceptors (Lipinski definition) is 5. The Morgan fingerprint density at radius 1 is 0.941 bits per heavy atom. The van der Waals surface area contributed by atoms with Crippen molar-refractivity contribution in [3.05, 3.63) is 95.6 Å². The fraction of sp³-hybridized carbons (Fsp3) is 0.174. The van der Waals surface area contributed by atoms with Gasteiger partial charge in [0.2, 0.25) is 10.0 Å². The van der Waals surface area contributed by atoms with Crippen LogP contribution in [0.2, 0.25) is 0 Å². The Bertz CT molecular complexity index is 1440.